The molecule has 0 bridgehead atoms. The number of urea groups is 1. The monoisotopic (exact) mass is 419 g/mol. The molecule has 0 radical (unpaired) electrons. The summed E-state index contributed by atoms with van der Waals surface area (Å²) in [5.41, 5.74) is 0.147. The third-order valence-corrected chi connectivity index (χ3v) is 4.54. The van der Waals surface area contributed by atoms with Gasteiger partial charge in [0.25, 0.3) is 0 Å². The van der Waals surface area contributed by atoms with E-state index in [1.165, 1.54) is 55.5 Å². The van der Waals surface area contributed by atoms with Crippen molar-refractivity contribution in [3.63, 3.8) is 0 Å². The van der Waals surface area contributed by atoms with E-state index in [0.717, 1.165) is 17.4 Å². The first-order valence-corrected chi connectivity index (χ1v) is 9.02. The van der Waals surface area contributed by atoms with Gasteiger partial charge in [-0.25, -0.2) is 23.4 Å². The SMILES string of the molecule is COC(=O)c1nc(NC(=O)N(C)c2cccc(F)c2)sc1Oc1cccc(F)c1. The van der Waals surface area contributed by atoms with Crippen molar-refractivity contribution in [2.24, 2.45) is 0 Å². The van der Waals surface area contributed by atoms with Crippen LogP contribution in [0.25, 0.3) is 0 Å². The Labute approximate surface area is 168 Å². The number of carbonyl (C=O) groups is 2. The normalized spacial score (nSPS) is 10.3. The highest BCUT2D eigenvalue weighted by Gasteiger charge is 2.23. The van der Waals surface area contributed by atoms with Crippen LogP contribution < -0.4 is 15.0 Å². The van der Waals surface area contributed by atoms with Gasteiger partial charge in [-0.1, -0.05) is 23.5 Å². The molecule has 0 saturated heterocycles. The third kappa shape index (κ3) is 4.85. The lowest BCUT2D eigenvalue weighted by atomic mass is 10.3. The summed E-state index contributed by atoms with van der Waals surface area (Å²) in [4.78, 5) is 29.6. The lowest BCUT2D eigenvalue weighted by Gasteiger charge is -2.16. The summed E-state index contributed by atoms with van der Waals surface area (Å²) in [6.07, 6.45) is 0. The van der Waals surface area contributed by atoms with Gasteiger partial charge in [0.2, 0.25) is 10.8 Å². The zero-order valence-electron chi connectivity index (χ0n) is 15.3. The standard InChI is InChI=1S/C19H15F2N3O4S/c1-24(13-7-3-5-11(20)9-13)19(26)23-18-22-15(16(25)27-2)17(29-18)28-14-8-4-6-12(21)10-14/h3-10H,1-2H3,(H,22,23,26). The maximum atomic E-state index is 13.4. The average molecular weight is 419 g/mol. The van der Waals surface area contributed by atoms with Crippen LogP contribution in [0, 0.1) is 11.6 Å². The highest BCUT2D eigenvalue weighted by atomic mass is 32.1. The molecule has 0 spiro atoms. The maximum absolute atomic E-state index is 13.4. The number of nitrogens with zero attached hydrogens (tertiary/aromatic N) is 2. The Morgan fingerprint density at radius 1 is 1.10 bits per heavy atom. The smallest absolute Gasteiger partial charge is 0.361 e. The number of benzene rings is 2. The van der Waals surface area contributed by atoms with Gasteiger partial charge in [-0.15, -0.1) is 0 Å². The number of thiazole rings is 1. The highest BCUT2D eigenvalue weighted by Crippen LogP contribution is 2.35. The van der Waals surface area contributed by atoms with Crippen LogP contribution in [0.4, 0.5) is 24.4 Å². The number of methoxy groups -OCH3 is 1. The first-order valence-electron chi connectivity index (χ1n) is 8.20. The van der Waals surface area contributed by atoms with Crippen LogP contribution in [-0.4, -0.2) is 31.1 Å². The second kappa shape index (κ2) is 8.65. The van der Waals surface area contributed by atoms with Crippen molar-refractivity contribution in [2.75, 3.05) is 24.4 Å². The summed E-state index contributed by atoms with van der Waals surface area (Å²) in [6, 6.07) is 10.2. The summed E-state index contributed by atoms with van der Waals surface area (Å²) in [7, 11) is 2.62. The van der Waals surface area contributed by atoms with Crippen molar-refractivity contribution in [1.82, 2.24) is 4.98 Å². The number of carbonyl (C=O) groups excluding carboxylic acids is 2. The molecular weight excluding hydrogens is 404 g/mol. The van der Waals surface area contributed by atoms with Gasteiger partial charge in [0.15, 0.2) is 5.13 Å². The Morgan fingerprint density at radius 3 is 2.45 bits per heavy atom. The molecule has 0 aliphatic rings. The summed E-state index contributed by atoms with van der Waals surface area (Å²) < 4.78 is 37.0. The van der Waals surface area contributed by atoms with Crippen molar-refractivity contribution in [3.05, 3.63) is 65.9 Å². The number of hydrogen-bond donors (Lipinski definition) is 1. The average Bonchev–Trinajstić information content (AvgIpc) is 3.08. The fourth-order valence-electron chi connectivity index (χ4n) is 2.27. The minimum absolute atomic E-state index is 0.0196. The summed E-state index contributed by atoms with van der Waals surface area (Å²) in [6.45, 7) is 0. The van der Waals surface area contributed by atoms with Gasteiger partial charge < -0.3 is 9.47 Å². The van der Waals surface area contributed by atoms with E-state index in [4.69, 9.17) is 4.74 Å². The minimum Gasteiger partial charge on any atom is -0.464 e. The zero-order chi connectivity index (χ0) is 21.0. The van der Waals surface area contributed by atoms with E-state index in [-0.39, 0.29) is 21.6 Å². The van der Waals surface area contributed by atoms with Gasteiger partial charge in [0, 0.05) is 18.8 Å². The van der Waals surface area contributed by atoms with Crippen molar-refractivity contribution in [2.45, 2.75) is 0 Å². The molecule has 2 aromatic carbocycles. The van der Waals surface area contributed by atoms with E-state index in [2.05, 4.69) is 15.0 Å². The summed E-state index contributed by atoms with van der Waals surface area (Å²) in [5, 5.41) is 2.57. The Morgan fingerprint density at radius 2 is 1.79 bits per heavy atom. The number of anilines is 2. The van der Waals surface area contributed by atoms with E-state index in [1.807, 2.05) is 0 Å². The molecule has 1 aromatic heterocycles. The van der Waals surface area contributed by atoms with Crippen LogP contribution in [-0.2, 0) is 4.74 Å². The first kappa shape index (κ1) is 20.2. The van der Waals surface area contributed by atoms with Crippen LogP contribution in [0.1, 0.15) is 10.5 Å². The van der Waals surface area contributed by atoms with Gasteiger partial charge >= 0.3 is 12.0 Å². The molecule has 29 heavy (non-hydrogen) atoms. The van der Waals surface area contributed by atoms with Crippen LogP contribution >= 0.6 is 11.3 Å². The summed E-state index contributed by atoms with van der Waals surface area (Å²) >= 11 is 0.859. The van der Waals surface area contributed by atoms with Crippen molar-refractivity contribution in [1.29, 1.82) is 0 Å². The topological polar surface area (TPSA) is 80.8 Å². The highest BCUT2D eigenvalue weighted by molar-refractivity contribution is 7.17. The fraction of sp³-hybridized carbons (Fsp3) is 0.105. The van der Waals surface area contributed by atoms with E-state index >= 15 is 0 Å². The molecule has 1 N–H and O–H groups in total. The largest absolute Gasteiger partial charge is 0.464 e. The van der Waals surface area contributed by atoms with Gasteiger partial charge in [-0.05, 0) is 30.3 Å². The quantitative estimate of drug-likeness (QED) is 0.608. The predicted molar refractivity (Wildman–Crippen MR) is 104 cm³/mol. The molecule has 10 heteroatoms. The second-order valence-electron chi connectivity index (χ2n) is 5.68. The van der Waals surface area contributed by atoms with Gasteiger partial charge in [-0.2, -0.15) is 0 Å². The van der Waals surface area contributed by atoms with Crippen LogP contribution in [0.5, 0.6) is 10.8 Å². The molecule has 0 aliphatic carbocycles. The van der Waals surface area contributed by atoms with Crippen LogP contribution in [0.2, 0.25) is 0 Å². The molecule has 1 heterocycles. The maximum Gasteiger partial charge on any atom is 0.361 e. The zero-order valence-corrected chi connectivity index (χ0v) is 16.1. The molecule has 150 valence electrons. The molecule has 7 nitrogen and oxygen atoms in total. The lowest BCUT2D eigenvalue weighted by Crippen LogP contribution is -2.31. The van der Waals surface area contributed by atoms with E-state index in [9.17, 15) is 18.4 Å². The number of aromatic nitrogens is 1. The molecule has 0 fully saturated rings. The molecule has 0 saturated carbocycles. The molecule has 0 atom stereocenters. The van der Waals surface area contributed by atoms with E-state index in [1.54, 1.807) is 6.07 Å². The van der Waals surface area contributed by atoms with Crippen molar-refractivity contribution in [3.8, 4) is 10.8 Å². The molecule has 0 unspecified atom stereocenters. The second-order valence-corrected chi connectivity index (χ2v) is 6.64. The van der Waals surface area contributed by atoms with E-state index in [0.29, 0.717) is 5.69 Å². The van der Waals surface area contributed by atoms with E-state index < -0.39 is 23.6 Å². The number of ether oxygens (including phenoxy) is 2. The predicted octanol–water partition coefficient (Wildman–Crippen LogP) is 4.67. The molecule has 2 amide bonds. The number of esters is 1. The van der Waals surface area contributed by atoms with Crippen LogP contribution in [0.3, 0.4) is 0 Å². The molecule has 3 aromatic rings. The van der Waals surface area contributed by atoms with Crippen LogP contribution in [0.15, 0.2) is 48.5 Å². The third-order valence-electron chi connectivity index (χ3n) is 3.70. The van der Waals surface area contributed by atoms with Gasteiger partial charge in [-0.3, -0.25) is 10.2 Å². The number of amides is 2. The lowest BCUT2D eigenvalue weighted by molar-refractivity contribution is 0.0592. The minimum atomic E-state index is -0.786. The molecular formula is C19H15F2N3O4S. The molecule has 3 rings (SSSR count). The van der Waals surface area contributed by atoms with Crippen molar-refractivity contribution < 1.29 is 27.8 Å². The Bertz CT molecular complexity index is 1060. The Balaban J connectivity index is 1.83. The number of nitrogens with one attached hydrogen (secondary N) is 1. The van der Waals surface area contributed by atoms with Gasteiger partial charge in [0.1, 0.15) is 17.4 Å². The van der Waals surface area contributed by atoms with Gasteiger partial charge in [0.05, 0.1) is 7.11 Å². The Hall–Kier alpha value is -3.53. The Kier molecular flexibility index (Phi) is 6.03. The number of hydrogen-bond acceptors (Lipinski definition) is 6. The first-order chi connectivity index (χ1) is 13.9. The number of halogens is 2. The molecule has 0 aliphatic heterocycles. The fourth-order valence-corrected chi connectivity index (χ4v) is 3.08. The summed E-state index contributed by atoms with van der Waals surface area (Å²) in [5.74, 6) is -1.65. The number of rotatable bonds is 5. The van der Waals surface area contributed by atoms with Crippen molar-refractivity contribution >= 4 is 34.2 Å².